The van der Waals surface area contributed by atoms with Crippen LogP contribution >= 0.6 is 0 Å². The lowest BCUT2D eigenvalue weighted by Crippen LogP contribution is -2.25. The topological polar surface area (TPSA) is 27.7 Å². The highest BCUT2D eigenvalue weighted by atomic mass is 16.8. The Morgan fingerprint density at radius 3 is 3.00 bits per heavy atom. The van der Waals surface area contributed by atoms with Crippen molar-refractivity contribution in [3.63, 3.8) is 0 Å². The summed E-state index contributed by atoms with van der Waals surface area (Å²) in [6.07, 6.45) is 4.14. The molecule has 3 heteroatoms. The van der Waals surface area contributed by atoms with Gasteiger partial charge >= 0.3 is 0 Å². The van der Waals surface area contributed by atoms with Crippen LogP contribution in [0.5, 0.6) is 0 Å². The van der Waals surface area contributed by atoms with Crippen molar-refractivity contribution in [2.75, 3.05) is 13.2 Å². The minimum Gasteiger partial charge on any atom is -0.375 e. The minimum atomic E-state index is -0.458. The largest absolute Gasteiger partial charge is 0.375 e. The van der Waals surface area contributed by atoms with E-state index < -0.39 is 5.79 Å². The van der Waals surface area contributed by atoms with Crippen LogP contribution in [0.3, 0.4) is 0 Å². The van der Waals surface area contributed by atoms with Crippen LogP contribution in [0, 0.1) is 0 Å². The summed E-state index contributed by atoms with van der Waals surface area (Å²) in [7, 11) is 0. The highest BCUT2D eigenvalue weighted by Gasteiger charge is 2.40. The Morgan fingerprint density at radius 2 is 2.17 bits per heavy atom. The van der Waals surface area contributed by atoms with Crippen LogP contribution in [0.4, 0.5) is 0 Å². The summed E-state index contributed by atoms with van der Waals surface area (Å²) < 4.78 is 16.6. The molecule has 0 bridgehead atoms. The van der Waals surface area contributed by atoms with Crippen molar-refractivity contribution >= 4 is 0 Å². The van der Waals surface area contributed by atoms with E-state index >= 15 is 0 Å². The van der Waals surface area contributed by atoms with E-state index in [-0.39, 0.29) is 12.2 Å². The van der Waals surface area contributed by atoms with Gasteiger partial charge in [0.1, 0.15) is 12.2 Å². The molecule has 2 heterocycles. The molecule has 0 radical (unpaired) electrons. The zero-order valence-electron chi connectivity index (χ0n) is 7.45. The van der Waals surface area contributed by atoms with E-state index in [4.69, 9.17) is 14.2 Å². The van der Waals surface area contributed by atoms with Crippen molar-refractivity contribution in [1.29, 1.82) is 0 Å². The zero-order chi connectivity index (χ0) is 8.60. The molecule has 0 amide bonds. The summed E-state index contributed by atoms with van der Waals surface area (Å²) in [5.41, 5.74) is 0. The molecule has 68 valence electrons. The standard InChI is InChI=1S/C9H14O3/c1-9(2)11-7-4-3-5-10-6-8(7)12-9/h3-4,7-8H,5-6H2,1-2H3/t7-,8+/m0/s1. The normalized spacial score (nSPS) is 39.2. The third-order valence-corrected chi connectivity index (χ3v) is 2.04. The fraction of sp³-hybridized carbons (Fsp3) is 0.778. The van der Waals surface area contributed by atoms with Gasteiger partial charge in [-0.1, -0.05) is 12.2 Å². The van der Waals surface area contributed by atoms with Gasteiger partial charge in [-0.15, -0.1) is 0 Å². The maximum Gasteiger partial charge on any atom is 0.164 e. The number of rotatable bonds is 0. The lowest BCUT2D eigenvalue weighted by atomic mass is 10.2. The average Bonchev–Trinajstić information content (AvgIpc) is 2.17. The van der Waals surface area contributed by atoms with Crippen LogP contribution in [0.2, 0.25) is 0 Å². The third kappa shape index (κ3) is 1.53. The molecule has 2 aliphatic heterocycles. The van der Waals surface area contributed by atoms with E-state index in [9.17, 15) is 0 Å². The molecule has 0 unspecified atom stereocenters. The molecule has 1 saturated heterocycles. The van der Waals surface area contributed by atoms with Crippen LogP contribution in [-0.2, 0) is 14.2 Å². The first kappa shape index (κ1) is 8.23. The second kappa shape index (κ2) is 2.83. The molecule has 0 aromatic heterocycles. The molecule has 0 saturated carbocycles. The highest BCUT2D eigenvalue weighted by Crippen LogP contribution is 2.29. The van der Waals surface area contributed by atoms with Crippen LogP contribution < -0.4 is 0 Å². The first-order chi connectivity index (χ1) is 5.67. The van der Waals surface area contributed by atoms with Gasteiger partial charge in [-0.3, -0.25) is 0 Å². The fourth-order valence-corrected chi connectivity index (χ4v) is 1.60. The molecule has 0 aromatic carbocycles. The summed E-state index contributed by atoms with van der Waals surface area (Å²) in [5.74, 6) is -0.458. The van der Waals surface area contributed by atoms with Gasteiger partial charge in [0.25, 0.3) is 0 Å². The lowest BCUT2D eigenvalue weighted by Gasteiger charge is -2.16. The fourth-order valence-electron chi connectivity index (χ4n) is 1.60. The molecule has 0 aliphatic carbocycles. The molecule has 3 nitrogen and oxygen atoms in total. The smallest absolute Gasteiger partial charge is 0.164 e. The van der Waals surface area contributed by atoms with E-state index in [1.54, 1.807) is 0 Å². The highest BCUT2D eigenvalue weighted by molar-refractivity contribution is 5.00. The van der Waals surface area contributed by atoms with Gasteiger partial charge in [-0.2, -0.15) is 0 Å². The minimum absolute atomic E-state index is 0.0683. The van der Waals surface area contributed by atoms with Gasteiger partial charge in [0, 0.05) is 0 Å². The summed E-state index contributed by atoms with van der Waals surface area (Å²) in [4.78, 5) is 0. The molecule has 2 atom stereocenters. The first-order valence-electron chi connectivity index (χ1n) is 4.27. The van der Waals surface area contributed by atoms with Crippen LogP contribution in [0.25, 0.3) is 0 Å². The molecule has 1 fully saturated rings. The average molecular weight is 170 g/mol. The van der Waals surface area contributed by atoms with Gasteiger partial charge in [-0.25, -0.2) is 0 Å². The van der Waals surface area contributed by atoms with Gasteiger partial charge < -0.3 is 14.2 Å². The van der Waals surface area contributed by atoms with Gasteiger partial charge in [0.15, 0.2) is 5.79 Å². The molecule has 2 aliphatic rings. The summed E-state index contributed by atoms with van der Waals surface area (Å²) >= 11 is 0. The van der Waals surface area contributed by atoms with E-state index in [2.05, 4.69) is 0 Å². The predicted molar refractivity (Wildman–Crippen MR) is 43.8 cm³/mol. The SMILES string of the molecule is CC1(C)O[C@H]2C=CCOC[C@H]2O1. The molecule has 0 N–H and O–H groups in total. The number of fused-ring (bicyclic) bond motifs is 1. The Kier molecular flexibility index (Phi) is 1.94. The zero-order valence-corrected chi connectivity index (χ0v) is 7.45. The van der Waals surface area contributed by atoms with Crippen molar-refractivity contribution < 1.29 is 14.2 Å². The van der Waals surface area contributed by atoms with Gasteiger partial charge in [0.2, 0.25) is 0 Å². The second-order valence-electron chi connectivity index (χ2n) is 3.60. The second-order valence-corrected chi connectivity index (χ2v) is 3.60. The Hall–Kier alpha value is -0.380. The van der Waals surface area contributed by atoms with Crippen molar-refractivity contribution in [3.8, 4) is 0 Å². The van der Waals surface area contributed by atoms with Crippen LogP contribution in [0.15, 0.2) is 12.2 Å². The Labute approximate surface area is 72.3 Å². The molecule has 0 spiro atoms. The van der Waals surface area contributed by atoms with E-state index in [1.807, 2.05) is 26.0 Å². The summed E-state index contributed by atoms with van der Waals surface area (Å²) in [5, 5.41) is 0. The van der Waals surface area contributed by atoms with E-state index in [1.165, 1.54) is 0 Å². The Morgan fingerprint density at radius 1 is 1.33 bits per heavy atom. The summed E-state index contributed by atoms with van der Waals surface area (Å²) in [6.45, 7) is 5.14. The molecular formula is C9H14O3. The van der Waals surface area contributed by atoms with Crippen LogP contribution in [-0.4, -0.2) is 31.2 Å². The van der Waals surface area contributed by atoms with E-state index in [0.717, 1.165) is 0 Å². The maximum absolute atomic E-state index is 5.64. The monoisotopic (exact) mass is 170 g/mol. The quantitative estimate of drug-likeness (QED) is 0.509. The molecule has 2 rings (SSSR count). The molecular weight excluding hydrogens is 156 g/mol. The number of hydrogen-bond acceptors (Lipinski definition) is 3. The predicted octanol–water partition coefficient (Wildman–Crippen LogP) is 1.09. The third-order valence-electron chi connectivity index (χ3n) is 2.04. The maximum atomic E-state index is 5.64. The summed E-state index contributed by atoms with van der Waals surface area (Å²) in [6, 6.07) is 0. The Balaban J connectivity index is 2.10. The van der Waals surface area contributed by atoms with Crippen LogP contribution in [0.1, 0.15) is 13.8 Å². The molecule has 0 aromatic rings. The van der Waals surface area contributed by atoms with Gasteiger partial charge in [-0.05, 0) is 13.8 Å². The molecule has 12 heavy (non-hydrogen) atoms. The van der Waals surface area contributed by atoms with Crippen molar-refractivity contribution in [1.82, 2.24) is 0 Å². The van der Waals surface area contributed by atoms with E-state index in [0.29, 0.717) is 13.2 Å². The lowest BCUT2D eigenvalue weighted by molar-refractivity contribution is -0.148. The number of ether oxygens (including phenoxy) is 3. The van der Waals surface area contributed by atoms with Gasteiger partial charge in [0.05, 0.1) is 13.2 Å². The number of hydrogen-bond donors (Lipinski definition) is 0. The van der Waals surface area contributed by atoms with Crippen molar-refractivity contribution in [3.05, 3.63) is 12.2 Å². The Bertz CT molecular complexity index is 198. The first-order valence-corrected chi connectivity index (χ1v) is 4.27. The van der Waals surface area contributed by atoms with Crippen molar-refractivity contribution in [2.24, 2.45) is 0 Å². The van der Waals surface area contributed by atoms with Crippen molar-refractivity contribution in [2.45, 2.75) is 31.8 Å².